The molecule has 0 atom stereocenters. The van der Waals surface area contributed by atoms with Crippen LogP contribution in [0.2, 0.25) is 0 Å². The Balaban J connectivity index is 2.44. The molecule has 0 aliphatic carbocycles. The number of hydrogen-bond acceptors (Lipinski definition) is 6. The third kappa shape index (κ3) is 3.57. The molecular formula is C16H22N2O4. The fourth-order valence-electron chi connectivity index (χ4n) is 2.51. The van der Waals surface area contributed by atoms with E-state index in [4.69, 9.17) is 9.47 Å². The summed E-state index contributed by atoms with van der Waals surface area (Å²) in [6, 6.07) is 5.22. The van der Waals surface area contributed by atoms with Gasteiger partial charge in [0.15, 0.2) is 0 Å². The molecule has 0 saturated carbocycles. The molecule has 1 aliphatic heterocycles. The van der Waals surface area contributed by atoms with Gasteiger partial charge in [-0.3, -0.25) is 0 Å². The molecule has 1 fully saturated rings. The van der Waals surface area contributed by atoms with Gasteiger partial charge in [-0.25, -0.2) is 9.59 Å². The molecule has 1 N–H and O–H groups in total. The molecule has 1 aliphatic rings. The van der Waals surface area contributed by atoms with Crippen molar-refractivity contribution in [2.45, 2.75) is 13.8 Å². The van der Waals surface area contributed by atoms with Crippen LogP contribution in [-0.4, -0.2) is 51.3 Å². The number of esters is 2. The minimum absolute atomic E-state index is 0.260. The van der Waals surface area contributed by atoms with Crippen molar-refractivity contribution >= 4 is 17.6 Å². The maximum Gasteiger partial charge on any atom is 0.341 e. The SMILES string of the molecule is CCOC(=O)c1cccc(N2CCNCC2)c1C(=O)OCC. The minimum Gasteiger partial charge on any atom is -0.462 e. The van der Waals surface area contributed by atoms with Crippen molar-refractivity contribution in [3.8, 4) is 0 Å². The molecule has 0 bridgehead atoms. The van der Waals surface area contributed by atoms with Crippen LogP contribution >= 0.6 is 0 Å². The smallest absolute Gasteiger partial charge is 0.341 e. The van der Waals surface area contributed by atoms with E-state index in [1.165, 1.54) is 0 Å². The minimum atomic E-state index is -0.498. The van der Waals surface area contributed by atoms with E-state index < -0.39 is 11.9 Å². The predicted molar refractivity (Wildman–Crippen MR) is 83.4 cm³/mol. The van der Waals surface area contributed by atoms with E-state index in [1.807, 2.05) is 6.07 Å². The molecule has 22 heavy (non-hydrogen) atoms. The Labute approximate surface area is 130 Å². The van der Waals surface area contributed by atoms with Gasteiger partial charge in [0, 0.05) is 26.2 Å². The summed E-state index contributed by atoms with van der Waals surface area (Å²) in [7, 11) is 0. The summed E-state index contributed by atoms with van der Waals surface area (Å²) in [6.45, 7) is 7.24. The molecule has 1 saturated heterocycles. The van der Waals surface area contributed by atoms with Crippen LogP contribution < -0.4 is 10.2 Å². The van der Waals surface area contributed by atoms with E-state index in [-0.39, 0.29) is 18.8 Å². The lowest BCUT2D eigenvalue weighted by Crippen LogP contribution is -2.44. The average molecular weight is 306 g/mol. The van der Waals surface area contributed by atoms with E-state index in [1.54, 1.807) is 26.0 Å². The Morgan fingerprint density at radius 3 is 2.36 bits per heavy atom. The van der Waals surface area contributed by atoms with Crippen LogP contribution in [0.5, 0.6) is 0 Å². The maximum absolute atomic E-state index is 12.4. The fourth-order valence-corrected chi connectivity index (χ4v) is 2.51. The van der Waals surface area contributed by atoms with Crippen LogP contribution in [-0.2, 0) is 9.47 Å². The number of carbonyl (C=O) groups excluding carboxylic acids is 2. The van der Waals surface area contributed by atoms with Crippen molar-refractivity contribution in [1.29, 1.82) is 0 Å². The Bertz CT molecular complexity index is 539. The number of nitrogens with zero attached hydrogens (tertiary/aromatic N) is 1. The zero-order valence-corrected chi connectivity index (χ0v) is 13.1. The van der Waals surface area contributed by atoms with Crippen LogP contribution in [0.15, 0.2) is 18.2 Å². The number of benzene rings is 1. The van der Waals surface area contributed by atoms with E-state index in [2.05, 4.69) is 10.2 Å². The van der Waals surface area contributed by atoms with Gasteiger partial charge in [0.05, 0.1) is 30.0 Å². The van der Waals surface area contributed by atoms with Crippen molar-refractivity contribution < 1.29 is 19.1 Å². The third-order valence-electron chi connectivity index (χ3n) is 3.48. The number of piperazine rings is 1. The summed E-state index contributed by atoms with van der Waals surface area (Å²) in [4.78, 5) is 26.6. The number of nitrogens with one attached hydrogen (secondary N) is 1. The first-order valence-electron chi connectivity index (χ1n) is 7.62. The second kappa shape index (κ2) is 7.79. The highest BCUT2D eigenvalue weighted by Crippen LogP contribution is 2.26. The van der Waals surface area contributed by atoms with Gasteiger partial charge in [-0.15, -0.1) is 0 Å². The molecule has 0 amide bonds. The second-order valence-corrected chi connectivity index (χ2v) is 4.88. The molecule has 120 valence electrons. The molecule has 0 spiro atoms. The molecule has 1 aromatic carbocycles. The van der Waals surface area contributed by atoms with E-state index in [0.29, 0.717) is 5.56 Å². The van der Waals surface area contributed by atoms with Crippen LogP contribution in [0.25, 0.3) is 0 Å². The summed E-state index contributed by atoms with van der Waals surface area (Å²) < 4.78 is 10.2. The van der Waals surface area contributed by atoms with Crippen LogP contribution in [0, 0.1) is 0 Å². The molecule has 2 rings (SSSR count). The normalized spacial score (nSPS) is 14.5. The zero-order valence-electron chi connectivity index (χ0n) is 13.1. The summed E-state index contributed by atoms with van der Waals surface area (Å²) >= 11 is 0. The first kappa shape index (κ1) is 16.3. The van der Waals surface area contributed by atoms with Gasteiger partial charge >= 0.3 is 11.9 Å². The first-order valence-corrected chi connectivity index (χ1v) is 7.62. The Morgan fingerprint density at radius 2 is 1.73 bits per heavy atom. The average Bonchev–Trinajstić information content (AvgIpc) is 2.55. The summed E-state index contributed by atoms with van der Waals surface area (Å²) in [5.41, 5.74) is 1.28. The summed E-state index contributed by atoms with van der Waals surface area (Å²) in [5, 5.41) is 3.27. The molecule has 1 heterocycles. The summed E-state index contributed by atoms with van der Waals surface area (Å²) in [5.74, 6) is -0.984. The van der Waals surface area contributed by atoms with Crippen molar-refractivity contribution in [3.05, 3.63) is 29.3 Å². The predicted octanol–water partition coefficient (Wildman–Crippen LogP) is 1.45. The monoisotopic (exact) mass is 306 g/mol. The summed E-state index contributed by atoms with van der Waals surface area (Å²) in [6.07, 6.45) is 0. The standard InChI is InChI=1S/C16H22N2O4/c1-3-21-15(19)12-6-5-7-13(14(12)16(20)22-4-2)18-10-8-17-9-11-18/h5-7,17H,3-4,8-11H2,1-2H3. The van der Waals surface area contributed by atoms with Crippen LogP contribution in [0.1, 0.15) is 34.6 Å². The quantitative estimate of drug-likeness (QED) is 0.831. The van der Waals surface area contributed by atoms with Crippen molar-refractivity contribution in [2.75, 3.05) is 44.3 Å². The van der Waals surface area contributed by atoms with E-state index in [9.17, 15) is 9.59 Å². The number of hydrogen-bond donors (Lipinski definition) is 1. The van der Waals surface area contributed by atoms with Crippen molar-refractivity contribution in [2.24, 2.45) is 0 Å². The zero-order chi connectivity index (χ0) is 15.9. The molecule has 1 aromatic rings. The highest BCUT2D eigenvalue weighted by atomic mass is 16.5. The van der Waals surface area contributed by atoms with Gasteiger partial charge in [-0.1, -0.05) is 6.07 Å². The van der Waals surface area contributed by atoms with Crippen LogP contribution in [0.4, 0.5) is 5.69 Å². The van der Waals surface area contributed by atoms with Gasteiger partial charge < -0.3 is 19.7 Å². The van der Waals surface area contributed by atoms with Gasteiger partial charge in [-0.05, 0) is 26.0 Å². The largest absolute Gasteiger partial charge is 0.462 e. The molecule has 0 aromatic heterocycles. The van der Waals surface area contributed by atoms with E-state index >= 15 is 0 Å². The van der Waals surface area contributed by atoms with Crippen molar-refractivity contribution in [1.82, 2.24) is 5.32 Å². The molecular weight excluding hydrogens is 284 g/mol. The Kier molecular flexibility index (Phi) is 5.77. The number of rotatable bonds is 5. The number of ether oxygens (including phenoxy) is 2. The third-order valence-corrected chi connectivity index (χ3v) is 3.48. The highest BCUT2D eigenvalue weighted by molar-refractivity contribution is 6.07. The number of anilines is 1. The Hall–Kier alpha value is -2.08. The molecule has 0 unspecified atom stereocenters. The fraction of sp³-hybridized carbons (Fsp3) is 0.500. The van der Waals surface area contributed by atoms with Gasteiger partial charge in [0.1, 0.15) is 0 Å². The Morgan fingerprint density at radius 1 is 1.09 bits per heavy atom. The van der Waals surface area contributed by atoms with Gasteiger partial charge in [0.25, 0.3) is 0 Å². The molecule has 0 radical (unpaired) electrons. The topological polar surface area (TPSA) is 67.9 Å². The lowest BCUT2D eigenvalue weighted by atomic mass is 10.0. The highest BCUT2D eigenvalue weighted by Gasteiger charge is 2.26. The van der Waals surface area contributed by atoms with Gasteiger partial charge in [-0.2, -0.15) is 0 Å². The molecule has 6 heteroatoms. The molecule has 6 nitrogen and oxygen atoms in total. The lowest BCUT2D eigenvalue weighted by molar-refractivity contribution is 0.0479. The maximum atomic E-state index is 12.4. The number of carbonyl (C=O) groups is 2. The second-order valence-electron chi connectivity index (χ2n) is 4.88. The van der Waals surface area contributed by atoms with Crippen molar-refractivity contribution in [3.63, 3.8) is 0 Å². The van der Waals surface area contributed by atoms with Gasteiger partial charge in [0.2, 0.25) is 0 Å². The van der Waals surface area contributed by atoms with Crippen LogP contribution in [0.3, 0.4) is 0 Å². The van der Waals surface area contributed by atoms with E-state index in [0.717, 1.165) is 31.9 Å². The first-order chi connectivity index (χ1) is 10.7. The lowest BCUT2D eigenvalue weighted by Gasteiger charge is -2.31.